The lowest BCUT2D eigenvalue weighted by Gasteiger charge is -2.31. The predicted octanol–water partition coefficient (Wildman–Crippen LogP) is 3.93. The molecule has 1 aliphatic rings. The summed E-state index contributed by atoms with van der Waals surface area (Å²) in [6.45, 7) is 1.99. The Morgan fingerprint density at radius 1 is 1.27 bits per heavy atom. The maximum Gasteiger partial charge on any atom is 0.0987 e. The van der Waals surface area contributed by atoms with E-state index in [-0.39, 0.29) is 0 Å². The van der Waals surface area contributed by atoms with Crippen molar-refractivity contribution < 1.29 is 5.11 Å². The highest BCUT2D eigenvalue weighted by Crippen LogP contribution is 2.39. The van der Waals surface area contributed by atoms with Crippen LogP contribution in [0.5, 0.6) is 0 Å². The molecule has 1 heterocycles. The van der Waals surface area contributed by atoms with Gasteiger partial charge in [0.25, 0.3) is 0 Å². The molecular weight excluding hydrogens is 204 g/mol. The van der Waals surface area contributed by atoms with Crippen molar-refractivity contribution in [3.63, 3.8) is 0 Å². The van der Waals surface area contributed by atoms with Gasteiger partial charge in [0, 0.05) is 4.88 Å². The van der Waals surface area contributed by atoms with Gasteiger partial charge < -0.3 is 5.11 Å². The Bertz CT molecular complexity index is 281. The summed E-state index contributed by atoms with van der Waals surface area (Å²) >= 11 is 1.68. The third-order valence-corrected chi connectivity index (χ3v) is 4.77. The molecule has 84 valence electrons. The van der Waals surface area contributed by atoms with Crippen LogP contribution in [0, 0.1) is 5.92 Å². The average Bonchev–Trinajstić information content (AvgIpc) is 2.61. The van der Waals surface area contributed by atoms with E-state index in [1.54, 1.807) is 11.3 Å². The van der Waals surface area contributed by atoms with E-state index in [2.05, 4.69) is 11.4 Å². The Balaban J connectivity index is 2.13. The zero-order valence-electron chi connectivity index (χ0n) is 9.41. The van der Waals surface area contributed by atoms with Crippen LogP contribution in [0.2, 0.25) is 0 Å². The Labute approximate surface area is 96.1 Å². The molecule has 0 aromatic carbocycles. The topological polar surface area (TPSA) is 20.2 Å². The van der Waals surface area contributed by atoms with Crippen molar-refractivity contribution in [3.05, 3.63) is 22.4 Å². The van der Waals surface area contributed by atoms with Crippen LogP contribution >= 0.6 is 11.3 Å². The zero-order chi connectivity index (χ0) is 10.7. The molecule has 0 aliphatic heterocycles. The SMILES string of the molecule is CC(O)(c1cccs1)C1CCCCCC1. The average molecular weight is 224 g/mol. The van der Waals surface area contributed by atoms with Crippen molar-refractivity contribution in [1.82, 2.24) is 0 Å². The molecule has 1 saturated carbocycles. The maximum absolute atomic E-state index is 10.6. The molecule has 1 aromatic rings. The van der Waals surface area contributed by atoms with Crippen molar-refractivity contribution >= 4 is 11.3 Å². The number of aliphatic hydroxyl groups is 1. The second-order valence-corrected chi connectivity index (χ2v) is 5.76. The lowest BCUT2D eigenvalue weighted by atomic mass is 9.82. The number of thiophene rings is 1. The largest absolute Gasteiger partial charge is 0.384 e. The van der Waals surface area contributed by atoms with Gasteiger partial charge in [-0.25, -0.2) is 0 Å². The van der Waals surface area contributed by atoms with Crippen LogP contribution in [0.25, 0.3) is 0 Å². The van der Waals surface area contributed by atoms with Crippen molar-refractivity contribution in [1.29, 1.82) is 0 Å². The normalized spacial score (nSPS) is 23.3. The van der Waals surface area contributed by atoms with Gasteiger partial charge in [-0.1, -0.05) is 31.7 Å². The summed E-state index contributed by atoms with van der Waals surface area (Å²) in [4.78, 5) is 1.13. The van der Waals surface area contributed by atoms with Crippen LogP contribution in [-0.2, 0) is 5.60 Å². The summed E-state index contributed by atoms with van der Waals surface area (Å²) in [5.41, 5.74) is -0.599. The summed E-state index contributed by atoms with van der Waals surface area (Å²) < 4.78 is 0. The van der Waals surface area contributed by atoms with Gasteiger partial charge in [0.05, 0.1) is 5.60 Å². The Kier molecular flexibility index (Phi) is 3.47. The van der Waals surface area contributed by atoms with Crippen LogP contribution in [0.4, 0.5) is 0 Å². The lowest BCUT2D eigenvalue weighted by molar-refractivity contribution is -0.00922. The maximum atomic E-state index is 10.6. The molecule has 1 aliphatic carbocycles. The Morgan fingerprint density at radius 2 is 1.93 bits per heavy atom. The molecule has 1 nitrogen and oxygen atoms in total. The van der Waals surface area contributed by atoms with Crippen LogP contribution in [0.15, 0.2) is 17.5 Å². The smallest absolute Gasteiger partial charge is 0.0987 e. The summed E-state index contributed by atoms with van der Waals surface area (Å²) in [5, 5.41) is 12.7. The van der Waals surface area contributed by atoms with Gasteiger partial charge in [0.2, 0.25) is 0 Å². The minimum Gasteiger partial charge on any atom is -0.384 e. The minimum absolute atomic E-state index is 0.457. The zero-order valence-corrected chi connectivity index (χ0v) is 10.2. The molecular formula is C13H20OS. The van der Waals surface area contributed by atoms with Crippen molar-refractivity contribution in [2.45, 2.75) is 51.0 Å². The Hall–Kier alpha value is -0.340. The molecule has 2 rings (SSSR count). The van der Waals surface area contributed by atoms with E-state index in [0.29, 0.717) is 5.92 Å². The van der Waals surface area contributed by atoms with Gasteiger partial charge in [-0.05, 0) is 37.1 Å². The van der Waals surface area contributed by atoms with Gasteiger partial charge in [0.1, 0.15) is 0 Å². The highest BCUT2D eigenvalue weighted by atomic mass is 32.1. The molecule has 1 atom stereocenters. The predicted molar refractivity (Wildman–Crippen MR) is 65.1 cm³/mol. The first kappa shape index (κ1) is 11.2. The van der Waals surface area contributed by atoms with Crippen molar-refractivity contribution in [2.24, 2.45) is 5.92 Å². The van der Waals surface area contributed by atoms with E-state index in [1.165, 1.54) is 38.5 Å². The van der Waals surface area contributed by atoms with E-state index in [1.807, 2.05) is 13.0 Å². The first-order valence-electron chi connectivity index (χ1n) is 5.97. The quantitative estimate of drug-likeness (QED) is 0.755. The standard InChI is InChI=1S/C13H20OS/c1-13(14,12-9-6-10-15-12)11-7-4-2-3-5-8-11/h6,9-11,14H,2-5,7-8H2,1H3. The van der Waals surface area contributed by atoms with E-state index in [4.69, 9.17) is 0 Å². The van der Waals surface area contributed by atoms with E-state index in [9.17, 15) is 5.11 Å². The summed E-state index contributed by atoms with van der Waals surface area (Å²) in [6.07, 6.45) is 7.63. The number of rotatable bonds is 2. The summed E-state index contributed by atoms with van der Waals surface area (Å²) in [7, 11) is 0. The van der Waals surface area contributed by atoms with Gasteiger partial charge >= 0.3 is 0 Å². The molecule has 2 heteroatoms. The Morgan fingerprint density at radius 3 is 2.47 bits per heavy atom. The monoisotopic (exact) mass is 224 g/mol. The second kappa shape index (κ2) is 4.67. The lowest BCUT2D eigenvalue weighted by Crippen LogP contribution is -2.30. The van der Waals surface area contributed by atoms with Gasteiger partial charge in [-0.15, -0.1) is 11.3 Å². The second-order valence-electron chi connectivity index (χ2n) is 4.81. The first-order valence-corrected chi connectivity index (χ1v) is 6.85. The number of hydrogen-bond donors (Lipinski definition) is 1. The molecule has 1 N–H and O–H groups in total. The molecule has 1 fully saturated rings. The fourth-order valence-corrected chi connectivity index (χ4v) is 3.48. The van der Waals surface area contributed by atoms with Crippen LogP contribution in [-0.4, -0.2) is 5.11 Å². The molecule has 0 saturated heterocycles. The summed E-state index contributed by atoms with van der Waals surface area (Å²) in [6, 6.07) is 4.10. The van der Waals surface area contributed by atoms with Crippen molar-refractivity contribution in [2.75, 3.05) is 0 Å². The number of hydrogen-bond acceptors (Lipinski definition) is 2. The molecule has 1 unspecified atom stereocenters. The first-order chi connectivity index (χ1) is 7.21. The summed E-state index contributed by atoms with van der Waals surface area (Å²) in [5.74, 6) is 0.457. The van der Waals surface area contributed by atoms with Gasteiger partial charge in [-0.2, -0.15) is 0 Å². The highest BCUT2D eigenvalue weighted by molar-refractivity contribution is 7.10. The van der Waals surface area contributed by atoms with E-state index >= 15 is 0 Å². The molecule has 0 spiro atoms. The van der Waals surface area contributed by atoms with Crippen LogP contribution in [0.3, 0.4) is 0 Å². The molecule has 1 aromatic heterocycles. The fraction of sp³-hybridized carbons (Fsp3) is 0.692. The van der Waals surface area contributed by atoms with Crippen LogP contribution < -0.4 is 0 Å². The minimum atomic E-state index is -0.599. The highest BCUT2D eigenvalue weighted by Gasteiger charge is 2.34. The van der Waals surface area contributed by atoms with Gasteiger partial charge in [-0.3, -0.25) is 0 Å². The van der Waals surface area contributed by atoms with E-state index in [0.717, 1.165) is 4.88 Å². The fourth-order valence-electron chi connectivity index (χ4n) is 2.61. The third-order valence-electron chi connectivity index (χ3n) is 3.67. The molecule has 15 heavy (non-hydrogen) atoms. The molecule has 0 radical (unpaired) electrons. The molecule has 0 amide bonds. The van der Waals surface area contributed by atoms with Crippen LogP contribution in [0.1, 0.15) is 50.3 Å². The third kappa shape index (κ3) is 2.43. The van der Waals surface area contributed by atoms with Crippen molar-refractivity contribution in [3.8, 4) is 0 Å². The molecule has 0 bridgehead atoms. The van der Waals surface area contributed by atoms with E-state index < -0.39 is 5.60 Å². The van der Waals surface area contributed by atoms with Gasteiger partial charge in [0.15, 0.2) is 0 Å².